The highest BCUT2D eigenvalue weighted by molar-refractivity contribution is 6.28. The van der Waals surface area contributed by atoms with Crippen molar-refractivity contribution in [2.45, 2.75) is 0 Å². The molecule has 0 atom stereocenters. The van der Waals surface area contributed by atoms with Crippen molar-refractivity contribution in [2.24, 2.45) is 0 Å². The van der Waals surface area contributed by atoms with Crippen molar-refractivity contribution >= 4 is 75.7 Å². The van der Waals surface area contributed by atoms with Crippen molar-refractivity contribution < 1.29 is 0 Å². The Balaban J connectivity index is 1.28. The number of rotatable bonds is 3. The zero-order chi connectivity index (χ0) is 33.6. The summed E-state index contributed by atoms with van der Waals surface area (Å²) in [4.78, 5) is 0. The molecule has 0 bridgehead atoms. The molecule has 0 radical (unpaired) electrons. The maximum absolute atomic E-state index is 10.1. The summed E-state index contributed by atoms with van der Waals surface area (Å²) in [6.45, 7) is 0. The van der Waals surface area contributed by atoms with Crippen LogP contribution in [0.15, 0.2) is 170 Å². The molecular formula is C49H28N2. The lowest BCUT2D eigenvalue weighted by atomic mass is 9.84. The summed E-state index contributed by atoms with van der Waals surface area (Å²) in [7, 11) is 0. The fraction of sp³-hybridized carbons (Fsp3) is 0. The van der Waals surface area contributed by atoms with E-state index >= 15 is 0 Å². The SMILES string of the molecule is N#Cc1cc2ccc3cc(-c4c5ccccc5c(-c5cccc6ccccc56)c5ccccc45)cc4c3c2c(c1)n4-c1ccc2ccccc2c1. The highest BCUT2D eigenvalue weighted by atomic mass is 15.0. The fourth-order valence-corrected chi connectivity index (χ4v) is 8.74. The van der Waals surface area contributed by atoms with Crippen molar-refractivity contribution in [3.8, 4) is 34.0 Å². The van der Waals surface area contributed by atoms with Crippen LogP contribution >= 0.6 is 0 Å². The first kappa shape index (κ1) is 27.9. The maximum atomic E-state index is 10.1. The van der Waals surface area contributed by atoms with Gasteiger partial charge in [-0.3, -0.25) is 0 Å². The van der Waals surface area contributed by atoms with Crippen LogP contribution in [0.25, 0.3) is 104 Å². The summed E-state index contributed by atoms with van der Waals surface area (Å²) >= 11 is 0. The third kappa shape index (κ3) is 3.98. The summed E-state index contributed by atoms with van der Waals surface area (Å²) in [6, 6.07) is 64.0. The number of hydrogen-bond acceptors (Lipinski definition) is 1. The molecule has 0 saturated carbocycles. The number of nitrogens with zero attached hydrogens (tertiary/aromatic N) is 2. The molecule has 0 unspecified atom stereocenters. The first-order valence-electron chi connectivity index (χ1n) is 17.4. The van der Waals surface area contributed by atoms with Crippen molar-refractivity contribution in [1.82, 2.24) is 4.57 Å². The summed E-state index contributed by atoms with van der Waals surface area (Å²) in [5.74, 6) is 0. The average molecular weight is 645 g/mol. The lowest BCUT2D eigenvalue weighted by molar-refractivity contribution is 1.19. The molecule has 0 fully saturated rings. The van der Waals surface area contributed by atoms with E-state index in [1.165, 1.54) is 81.5 Å². The van der Waals surface area contributed by atoms with Gasteiger partial charge in [0, 0.05) is 16.5 Å². The van der Waals surface area contributed by atoms with Gasteiger partial charge in [-0.1, -0.05) is 133 Å². The molecule has 0 spiro atoms. The Morgan fingerprint density at radius 3 is 1.65 bits per heavy atom. The van der Waals surface area contributed by atoms with E-state index in [9.17, 15) is 5.26 Å². The Labute approximate surface area is 294 Å². The summed E-state index contributed by atoms with van der Waals surface area (Å²) in [6.07, 6.45) is 0. The zero-order valence-corrected chi connectivity index (χ0v) is 27.6. The summed E-state index contributed by atoms with van der Waals surface area (Å²) in [5, 5.41) is 24.6. The maximum Gasteiger partial charge on any atom is 0.0992 e. The minimum absolute atomic E-state index is 0.664. The van der Waals surface area contributed by atoms with Gasteiger partial charge in [-0.05, 0) is 113 Å². The highest BCUT2D eigenvalue weighted by Gasteiger charge is 2.22. The predicted molar refractivity (Wildman–Crippen MR) is 215 cm³/mol. The smallest absolute Gasteiger partial charge is 0.0992 e. The Kier molecular flexibility index (Phi) is 5.77. The van der Waals surface area contributed by atoms with Gasteiger partial charge in [0.2, 0.25) is 0 Å². The zero-order valence-electron chi connectivity index (χ0n) is 27.6. The van der Waals surface area contributed by atoms with Gasteiger partial charge < -0.3 is 4.57 Å². The molecule has 0 aliphatic rings. The molecule has 234 valence electrons. The van der Waals surface area contributed by atoms with E-state index in [2.05, 4.69) is 174 Å². The van der Waals surface area contributed by atoms with Gasteiger partial charge in [-0.25, -0.2) is 0 Å². The Morgan fingerprint density at radius 2 is 0.941 bits per heavy atom. The van der Waals surface area contributed by atoms with Crippen molar-refractivity contribution in [1.29, 1.82) is 5.26 Å². The Morgan fingerprint density at radius 1 is 0.392 bits per heavy atom. The number of fused-ring (bicyclic) bond motifs is 4. The van der Waals surface area contributed by atoms with Gasteiger partial charge in [0.05, 0.1) is 22.7 Å². The number of nitriles is 1. The van der Waals surface area contributed by atoms with Gasteiger partial charge >= 0.3 is 0 Å². The normalized spacial score (nSPS) is 11.9. The average Bonchev–Trinajstić information content (AvgIpc) is 3.53. The summed E-state index contributed by atoms with van der Waals surface area (Å²) in [5.41, 5.74) is 8.86. The molecule has 0 amide bonds. The van der Waals surface area contributed by atoms with Crippen LogP contribution in [0.3, 0.4) is 0 Å². The number of benzene rings is 10. The van der Waals surface area contributed by atoms with E-state index in [0.717, 1.165) is 22.1 Å². The van der Waals surface area contributed by atoms with Gasteiger partial charge in [0.25, 0.3) is 0 Å². The first-order valence-corrected chi connectivity index (χ1v) is 17.4. The third-order valence-electron chi connectivity index (χ3n) is 10.9. The largest absolute Gasteiger partial charge is 0.309 e. The molecule has 11 aromatic rings. The van der Waals surface area contributed by atoms with Crippen LogP contribution < -0.4 is 0 Å². The fourth-order valence-electron chi connectivity index (χ4n) is 8.74. The van der Waals surface area contributed by atoms with E-state index < -0.39 is 0 Å². The van der Waals surface area contributed by atoms with Crippen LogP contribution in [0.1, 0.15) is 5.56 Å². The minimum Gasteiger partial charge on any atom is -0.309 e. The van der Waals surface area contributed by atoms with E-state index in [4.69, 9.17) is 0 Å². The van der Waals surface area contributed by atoms with Crippen LogP contribution in [-0.2, 0) is 0 Å². The van der Waals surface area contributed by atoms with Gasteiger partial charge in [0.15, 0.2) is 0 Å². The van der Waals surface area contributed by atoms with Crippen LogP contribution in [-0.4, -0.2) is 4.57 Å². The van der Waals surface area contributed by atoms with Crippen molar-refractivity contribution in [2.75, 3.05) is 0 Å². The second kappa shape index (κ2) is 10.5. The van der Waals surface area contributed by atoms with Crippen LogP contribution in [0, 0.1) is 11.3 Å². The molecular weight excluding hydrogens is 617 g/mol. The minimum atomic E-state index is 0.664. The number of hydrogen-bond donors (Lipinski definition) is 0. The Hall–Kier alpha value is -6.95. The molecule has 0 aliphatic carbocycles. The molecule has 0 saturated heterocycles. The Bertz CT molecular complexity index is 3200. The van der Waals surface area contributed by atoms with Crippen LogP contribution in [0.2, 0.25) is 0 Å². The standard InChI is InChI=1S/C49H28N2/c50-29-30-24-34-20-21-35-26-36(28-45-48(35)47(34)44(25-30)51(45)37-23-22-31-10-1-2-12-33(31)27-37)46-40-15-5-7-17-42(40)49(43-18-8-6-16-41(43)46)39-19-9-13-32-11-3-4-14-38(32)39/h1-28H. The number of aromatic nitrogens is 1. The topological polar surface area (TPSA) is 28.7 Å². The molecule has 1 aromatic heterocycles. The monoisotopic (exact) mass is 644 g/mol. The van der Waals surface area contributed by atoms with Crippen molar-refractivity contribution in [3.63, 3.8) is 0 Å². The molecule has 10 aromatic carbocycles. The van der Waals surface area contributed by atoms with E-state index in [1.807, 2.05) is 6.07 Å². The van der Waals surface area contributed by atoms with Crippen molar-refractivity contribution in [3.05, 3.63) is 175 Å². The van der Waals surface area contributed by atoms with Gasteiger partial charge in [0.1, 0.15) is 0 Å². The van der Waals surface area contributed by atoms with Crippen LogP contribution in [0.4, 0.5) is 0 Å². The predicted octanol–water partition coefficient (Wildman–Crippen LogP) is 13.2. The van der Waals surface area contributed by atoms with E-state index in [0.29, 0.717) is 5.56 Å². The van der Waals surface area contributed by atoms with E-state index in [1.54, 1.807) is 0 Å². The second-order valence-electron chi connectivity index (χ2n) is 13.6. The van der Waals surface area contributed by atoms with Gasteiger partial charge in [-0.2, -0.15) is 5.26 Å². The molecule has 11 rings (SSSR count). The van der Waals surface area contributed by atoms with Crippen LogP contribution in [0.5, 0.6) is 0 Å². The lowest BCUT2D eigenvalue weighted by Crippen LogP contribution is -1.95. The molecule has 51 heavy (non-hydrogen) atoms. The molecule has 2 heteroatoms. The second-order valence-corrected chi connectivity index (χ2v) is 13.6. The third-order valence-corrected chi connectivity index (χ3v) is 10.9. The van der Waals surface area contributed by atoms with E-state index in [-0.39, 0.29) is 0 Å². The molecule has 2 nitrogen and oxygen atoms in total. The lowest BCUT2D eigenvalue weighted by Gasteiger charge is -2.19. The van der Waals surface area contributed by atoms with Gasteiger partial charge in [-0.15, -0.1) is 0 Å². The highest BCUT2D eigenvalue weighted by Crippen LogP contribution is 2.48. The first-order chi connectivity index (χ1) is 25.2. The molecule has 0 aliphatic heterocycles. The molecule has 0 N–H and O–H groups in total. The molecule has 1 heterocycles. The summed E-state index contributed by atoms with van der Waals surface area (Å²) < 4.78 is 2.37. The quantitative estimate of drug-likeness (QED) is 0.139.